The van der Waals surface area contributed by atoms with Gasteiger partial charge in [0, 0.05) is 18.4 Å². The summed E-state index contributed by atoms with van der Waals surface area (Å²) in [4.78, 5) is 8.43. The molecule has 0 radical (unpaired) electrons. The predicted octanol–water partition coefficient (Wildman–Crippen LogP) is 3.01. The molecule has 25 heavy (non-hydrogen) atoms. The lowest BCUT2D eigenvalue weighted by Crippen LogP contribution is -2.28. The third kappa shape index (κ3) is 3.69. The van der Waals surface area contributed by atoms with E-state index in [9.17, 15) is 5.11 Å². The average molecular weight is 335 g/mol. The highest BCUT2D eigenvalue weighted by molar-refractivity contribution is 5.69. The van der Waals surface area contributed by atoms with Crippen LogP contribution in [0, 0.1) is 0 Å². The van der Waals surface area contributed by atoms with Gasteiger partial charge in [0.1, 0.15) is 5.82 Å². The number of rotatable bonds is 4. The van der Waals surface area contributed by atoms with Crippen molar-refractivity contribution >= 4 is 23.6 Å². The molecule has 3 aromatic rings. The predicted molar refractivity (Wildman–Crippen MR) is 98.0 cm³/mol. The Hall–Kier alpha value is -2.73. The molecule has 0 amide bonds. The molecule has 3 heterocycles. The first kappa shape index (κ1) is 15.8. The van der Waals surface area contributed by atoms with Gasteiger partial charge >= 0.3 is 0 Å². The minimum atomic E-state index is -0.146. The summed E-state index contributed by atoms with van der Waals surface area (Å²) in [6, 6.07) is 8.21. The first-order valence-electron chi connectivity index (χ1n) is 8.65. The van der Waals surface area contributed by atoms with E-state index in [4.69, 9.17) is 0 Å². The molecule has 1 fully saturated rings. The number of aliphatic hydroxyl groups is 1. The highest BCUT2D eigenvalue weighted by atomic mass is 16.3. The zero-order valence-electron chi connectivity index (χ0n) is 13.9. The molecular weight excluding hydrogens is 314 g/mol. The molecule has 6 nitrogen and oxygen atoms in total. The van der Waals surface area contributed by atoms with Gasteiger partial charge < -0.3 is 10.4 Å². The molecule has 2 N–H and O–H groups in total. The molecule has 128 valence electrons. The lowest BCUT2D eigenvalue weighted by atomic mass is 9.93. The van der Waals surface area contributed by atoms with Crippen molar-refractivity contribution in [1.82, 2.24) is 19.6 Å². The van der Waals surface area contributed by atoms with Gasteiger partial charge in [0.25, 0.3) is 0 Å². The summed E-state index contributed by atoms with van der Waals surface area (Å²) in [5, 5.41) is 17.8. The van der Waals surface area contributed by atoms with Crippen molar-refractivity contribution in [3.8, 4) is 0 Å². The number of pyridine rings is 1. The monoisotopic (exact) mass is 335 g/mol. The SMILES string of the molecule is O[C@H]1CC[C@H](Nc2ccc3ncc(/C=C/c4ccncc4)n3n2)CC1. The van der Waals surface area contributed by atoms with Crippen molar-refractivity contribution < 1.29 is 5.11 Å². The fourth-order valence-electron chi connectivity index (χ4n) is 3.17. The number of hydrogen-bond donors (Lipinski definition) is 2. The summed E-state index contributed by atoms with van der Waals surface area (Å²) in [5.41, 5.74) is 2.83. The van der Waals surface area contributed by atoms with Gasteiger partial charge in [-0.1, -0.05) is 6.08 Å². The largest absolute Gasteiger partial charge is 0.393 e. The molecule has 1 aliphatic carbocycles. The van der Waals surface area contributed by atoms with Crippen LogP contribution in [0.15, 0.2) is 42.9 Å². The highest BCUT2D eigenvalue weighted by Crippen LogP contribution is 2.21. The van der Waals surface area contributed by atoms with E-state index >= 15 is 0 Å². The zero-order valence-corrected chi connectivity index (χ0v) is 13.9. The third-order valence-corrected chi connectivity index (χ3v) is 4.59. The number of nitrogens with one attached hydrogen (secondary N) is 1. The van der Waals surface area contributed by atoms with Crippen LogP contribution in [0.2, 0.25) is 0 Å². The minimum Gasteiger partial charge on any atom is -0.393 e. The van der Waals surface area contributed by atoms with E-state index in [1.807, 2.05) is 47.1 Å². The molecular formula is C19H21N5O. The number of imidazole rings is 1. The van der Waals surface area contributed by atoms with Gasteiger partial charge in [-0.3, -0.25) is 4.98 Å². The van der Waals surface area contributed by atoms with Crippen LogP contribution in [0.5, 0.6) is 0 Å². The second kappa shape index (κ2) is 7.03. The fourth-order valence-corrected chi connectivity index (χ4v) is 3.17. The Bertz CT molecular complexity index is 866. The lowest BCUT2D eigenvalue weighted by Gasteiger charge is -2.26. The van der Waals surface area contributed by atoms with Gasteiger partial charge in [-0.15, -0.1) is 5.10 Å². The van der Waals surface area contributed by atoms with Crippen molar-refractivity contribution in [3.63, 3.8) is 0 Å². The molecule has 0 spiro atoms. The van der Waals surface area contributed by atoms with Crippen LogP contribution < -0.4 is 5.32 Å². The highest BCUT2D eigenvalue weighted by Gasteiger charge is 2.19. The number of aromatic nitrogens is 4. The molecule has 3 aromatic heterocycles. The molecule has 0 bridgehead atoms. The molecule has 0 aliphatic heterocycles. The quantitative estimate of drug-likeness (QED) is 0.766. The Morgan fingerprint density at radius 3 is 2.64 bits per heavy atom. The van der Waals surface area contributed by atoms with E-state index in [-0.39, 0.29) is 6.10 Å². The molecule has 0 unspecified atom stereocenters. The standard InChI is InChI=1S/C19H21N5O/c25-17-5-2-15(3-6-17)22-18-7-8-19-21-13-16(24(19)23-18)4-1-14-9-11-20-12-10-14/h1,4,7-13,15,17,25H,2-3,5-6H2,(H,22,23)/b4-1+/t15-,17-. The zero-order chi connectivity index (χ0) is 17.1. The van der Waals surface area contributed by atoms with E-state index in [2.05, 4.69) is 20.4 Å². The van der Waals surface area contributed by atoms with Crippen molar-refractivity contribution in [3.05, 3.63) is 54.1 Å². The van der Waals surface area contributed by atoms with Gasteiger partial charge in [0.2, 0.25) is 0 Å². The fraction of sp³-hybridized carbons (Fsp3) is 0.316. The van der Waals surface area contributed by atoms with Crippen molar-refractivity contribution in [2.45, 2.75) is 37.8 Å². The van der Waals surface area contributed by atoms with Crippen LogP contribution >= 0.6 is 0 Å². The summed E-state index contributed by atoms with van der Waals surface area (Å²) in [5.74, 6) is 0.838. The maximum absolute atomic E-state index is 9.63. The Labute approximate surface area is 146 Å². The molecule has 0 aromatic carbocycles. The van der Waals surface area contributed by atoms with Gasteiger partial charge in [-0.05, 0) is 61.6 Å². The van der Waals surface area contributed by atoms with Crippen molar-refractivity contribution in [2.75, 3.05) is 5.32 Å². The van der Waals surface area contributed by atoms with Crippen LogP contribution in [-0.4, -0.2) is 36.8 Å². The molecule has 0 saturated heterocycles. The molecule has 0 atom stereocenters. The molecule has 1 saturated carbocycles. The number of fused-ring (bicyclic) bond motifs is 1. The van der Waals surface area contributed by atoms with E-state index in [1.54, 1.807) is 12.4 Å². The van der Waals surface area contributed by atoms with E-state index < -0.39 is 0 Å². The normalized spacial score (nSPS) is 21.0. The smallest absolute Gasteiger partial charge is 0.154 e. The van der Waals surface area contributed by atoms with Gasteiger partial charge in [-0.2, -0.15) is 0 Å². The van der Waals surface area contributed by atoms with Crippen LogP contribution in [0.4, 0.5) is 5.82 Å². The number of hydrogen-bond acceptors (Lipinski definition) is 5. The summed E-state index contributed by atoms with van der Waals surface area (Å²) in [6.45, 7) is 0. The maximum atomic E-state index is 9.63. The first-order chi connectivity index (χ1) is 12.3. The second-order valence-corrected chi connectivity index (χ2v) is 6.44. The van der Waals surface area contributed by atoms with E-state index in [0.717, 1.165) is 48.4 Å². The third-order valence-electron chi connectivity index (χ3n) is 4.59. The van der Waals surface area contributed by atoms with Gasteiger partial charge in [-0.25, -0.2) is 9.50 Å². The van der Waals surface area contributed by atoms with Crippen molar-refractivity contribution in [2.24, 2.45) is 0 Å². The summed E-state index contributed by atoms with van der Waals surface area (Å²) in [7, 11) is 0. The van der Waals surface area contributed by atoms with Crippen LogP contribution in [0.3, 0.4) is 0 Å². The summed E-state index contributed by atoms with van der Waals surface area (Å²) >= 11 is 0. The molecule has 6 heteroatoms. The van der Waals surface area contributed by atoms with Gasteiger partial charge in [0.05, 0.1) is 18.0 Å². The summed E-state index contributed by atoms with van der Waals surface area (Å²) < 4.78 is 1.84. The van der Waals surface area contributed by atoms with E-state index in [0.29, 0.717) is 6.04 Å². The maximum Gasteiger partial charge on any atom is 0.154 e. The Balaban J connectivity index is 1.54. The van der Waals surface area contributed by atoms with Crippen LogP contribution in [0.1, 0.15) is 36.9 Å². The second-order valence-electron chi connectivity index (χ2n) is 6.44. The van der Waals surface area contributed by atoms with Crippen LogP contribution in [-0.2, 0) is 0 Å². The Morgan fingerprint density at radius 2 is 1.84 bits per heavy atom. The van der Waals surface area contributed by atoms with Gasteiger partial charge in [0.15, 0.2) is 5.65 Å². The minimum absolute atomic E-state index is 0.146. The summed E-state index contributed by atoms with van der Waals surface area (Å²) in [6.07, 6.45) is 12.9. The first-order valence-corrected chi connectivity index (χ1v) is 8.65. The Morgan fingerprint density at radius 1 is 1.04 bits per heavy atom. The number of aliphatic hydroxyl groups excluding tert-OH is 1. The molecule has 1 aliphatic rings. The van der Waals surface area contributed by atoms with Crippen molar-refractivity contribution in [1.29, 1.82) is 0 Å². The average Bonchev–Trinajstić information content (AvgIpc) is 3.05. The molecule has 4 rings (SSSR count). The number of anilines is 1. The van der Waals surface area contributed by atoms with Crippen LogP contribution in [0.25, 0.3) is 17.8 Å². The Kier molecular flexibility index (Phi) is 4.43. The number of nitrogens with zero attached hydrogens (tertiary/aromatic N) is 4. The van der Waals surface area contributed by atoms with E-state index in [1.165, 1.54) is 0 Å². The topological polar surface area (TPSA) is 75.3 Å². The lowest BCUT2D eigenvalue weighted by molar-refractivity contribution is 0.126.